The lowest BCUT2D eigenvalue weighted by molar-refractivity contribution is -0.384. The molecule has 0 aromatic heterocycles. The van der Waals surface area contributed by atoms with Crippen LogP contribution in [0.2, 0.25) is 5.02 Å². The molecule has 0 bridgehead atoms. The summed E-state index contributed by atoms with van der Waals surface area (Å²) in [6.45, 7) is 7.25. The number of nitrogens with zero attached hydrogens (tertiary/aromatic N) is 1. The number of benzene rings is 1. The summed E-state index contributed by atoms with van der Waals surface area (Å²) in [5.41, 5.74) is 0.928. The number of nitrogens with one attached hydrogen (secondary N) is 1. The molecule has 1 N–H and O–H groups in total. The van der Waals surface area contributed by atoms with Crippen molar-refractivity contribution in [2.75, 3.05) is 0 Å². The van der Waals surface area contributed by atoms with Crippen LogP contribution < -0.4 is 5.32 Å². The van der Waals surface area contributed by atoms with Crippen molar-refractivity contribution in [3.05, 3.63) is 38.9 Å². The molecule has 1 atom stereocenters. The van der Waals surface area contributed by atoms with Crippen molar-refractivity contribution in [1.82, 2.24) is 5.32 Å². The van der Waals surface area contributed by atoms with Gasteiger partial charge >= 0.3 is 0 Å². The number of non-ortho nitro benzene ring substituents is 1. The van der Waals surface area contributed by atoms with Gasteiger partial charge in [0.15, 0.2) is 0 Å². The normalized spacial score (nSPS) is 12.7. The molecule has 0 aliphatic rings. The molecule has 0 aliphatic heterocycles. The molecular weight excluding hydrogens is 276 g/mol. The predicted octanol–water partition coefficient (Wildman–Crippen LogP) is 4.55. The summed E-state index contributed by atoms with van der Waals surface area (Å²) in [5.74, 6) is 0.742. The molecule has 0 saturated heterocycles. The van der Waals surface area contributed by atoms with Gasteiger partial charge < -0.3 is 5.32 Å². The first kappa shape index (κ1) is 16.9. The highest BCUT2D eigenvalue weighted by Gasteiger charge is 2.10. The molecule has 0 radical (unpaired) electrons. The van der Waals surface area contributed by atoms with Crippen LogP contribution in [-0.4, -0.2) is 11.0 Å². The van der Waals surface area contributed by atoms with Gasteiger partial charge in [-0.1, -0.05) is 38.3 Å². The van der Waals surface area contributed by atoms with Crippen molar-refractivity contribution in [2.45, 2.75) is 52.6 Å². The molecule has 1 aromatic carbocycles. The van der Waals surface area contributed by atoms with Crippen molar-refractivity contribution >= 4 is 17.3 Å². The summed E-state index contributed by atoms with van der Waals surface area (Å²) >= 11 is 6.06. The van der Waals surface area contributed by atoms with Gasteiger partial charge in [-0.15, -0.1) is 0 Å². The second kappa shape index (κ2) is 8.22. The van der Waals surface area contributed by atoms with E-state index >= 15 is 0 Å². The molecule has 1 aromatic rings. The Labute approximate surface area is 125 Å². The first-order chi connectivity index (χ1) is 9.40. The number of hydrogen-bond acceptors (Lipinski definition) is 3. The zero-order chi connectivity index (χ0) is 15.1. The first-order valence-corrected chi connectivity index (χ1v) is 7.44. The van der Waals surface area contributed by atoms with Gasteiger partial charge in [0.1, 0.15) is 0 Å². The average Bonchev–Trinajstić information content (AvgIpc) is 2.36. The van der Waals surface area contributed by atoms with Crippen LogP contribution >= 0.6 is 11.6 Å². The minimum absolute atomic E-state index is 0.0312. The Morgan fingerprint density at radius 2 is 2.00 bits per heavy atom. The second-order valence-corrected chi connectivity index (χ2v) is 6.05. The fourth-order valence-corrected chi connectivity index (χ4v) is 2.25. The van der Waals surface area contributed by atoms with Gasteiger partial charge in [0.05, 0.1) is 9.95 Å². The van der Waals surface area contributed by atoms with E-state index in [1.807, 2.05) is 0 Å². The molecule has 0 aliphatic carbocycles. The van der Waals surface area contributed by atoms with E-state index in [1.54, 1.807) is 6.07 Å². The number of hydrogen-bond donors (Lipinski definition) is 1. The minimum atomic E-state index is -0.433. The van der Waals surface area contributed by atoms with Crippen LogP contribution in [0.5, 0.6) is 0 Å². The van der Waals surface area contributed by atoms with Crippen LogP contribution in [-0.2, 0) is 6.54 Å². The molecule has 0 spiro atoms. The zero-order valence-corrected chi connectivity index (χ0v) is 13.1. The molecule has 20 heavy (non-hydrogen) atoms. The number of nitro benzene ring substituents is 1. The van der Waals surface area contributed by atoms with Crippen molar-refractivity contribution in [2.24, 2.45) is 5.92 Å². The van der Waals surface area contributed by atoms with Gasteiger partial charge in [0, 0.05) is 24.7 Å². The fourth-order valence-electron chi connectivity index (χ4n) is 2.01. The Kier molecular flexibility index (Phi) is 6.96. The summed E-state index contributed by atoms with van der Waals surface area (Å²) in [4.78, 5) is 10.2. The third-order valence-electron chi connectivity index (χ3n) is 3.31. The summed E-state index contributed by atoms with van der Waals surface area (Å²) in [6, 6.07) is 5.03. The smallest absolute Gasteiger partial charge is 0.270 e. The van der Waals surface area contributed by atoms with Crippen molar-refractivity contribution in [3.63, 3.8) is 0 Å². The topological polar surface area (TPSA) is 55.2 Å². The number of halogens is 1. The van der Waals surface area contributed by atoms with Gasteiger partial charge in [0.2, 0.25) is 0 Å². The van der Waals surface area contributed by atoms with E-state index < -0.39 is 4.92 Å². The van der Waals surface area contributed by atoms with Crippen LogP contribution in [0.1, 0.15) is 45.6 Å². The SMILES string of the molecule is CC(C)CCCC(C)NCc1ccc([N+](=O)[O-])cc1Cl. The Balaban J connectivity index is 2.43. The van der Waals surface area contributed by atoms with Crippen molar-refractivity contribution < 1.29 is 4.92 Å². The van der Waals surface area contributed by atoms with Crippen LogP contribution in [0.25, 0.3) is 0 Å². The lowest BCUT2D eigenvalue weighted by atomic mass is 10.0. The monoisotopic (exact) mass is 298 g/mol. The highest BCUT2D eigenvalue weighted by atomic mass is 35.5. The lowest BCUT2D eigenvalue weighted by Gasteiger charge is -2.15. The van der Waals surface area contributed by atoms with Crippen LogP contribution in [0.4, 0.5) is 5.69 Å². The molecule has 0 amide bonds. The molecule has 0 fully saturated rings. The zero-order valence-electron chi connectivity index (χ0n) is 12.4. The molecule has 112 valence electrons. The average molecular weight is 299 g/mol. The highest BCUT2D eigenvalue weighted by Crippen LogP contribution is 2.22. The first-order valence-electron chi connectivity index (χ1n) is 7.06. The van der Waals surface area contributed by atoms with E-state index in [0.29, 0.717) is 17.6 Å². The summed E-state index contributed by atoms with van der Waals surface area (Å²) < 4.78 is 0. The van der Waals surface area contributed by atoms with E-state index in [2.05, 4.69) is 26.1 Å². The van der Waals surface area contributed by atoms with E-state index in [9.17, 15) is 10.1 Å². The summed E-state index contributed by atoms with van der Waals surface area (Å²) in [7, 11) is 0. The van der Waals surface area contributed by atoms with E-state index in [0.717, 1.165) is 17.9 Å². The molecule has 5 heteroatoms. The maximum atomic E-state index is 10.6. The maximum Gasteiger partial charge on any atom is 0.270 e. The fraction of sp³-hybridized carbons (Fsp3) is 0.600. The molecule has 0 saturated carbocycles. The van der Waals surface area contributed by atoms with Crippen LogP contribution in [0.3, 0.4) is 0 Å². The molecular formula is C15H23ClN2O2. The van der Waals surface area contributed by atoms with Gasteiger partial charge in [-0.3, -0.25) is 10.1 Å². The highest BCUT2D eigenvalue weighted by molar-refractivity contribution is 6.31. The van der Waals surface area contributed by atoms with Gasteiger partial charge in [-0.05, 0) is 30.9 Å². The standard InChI is InChI=1S/C15H23ClN2O2/c1-11(2)5-4-6-12(3)17-10-13-7-8-14(18(19)20)9-15(13)16/h7-9,11-12,17H,4-6,10H2,1-3H3. The van der Waals surface area contributed by atoms with E-state index in [1.165, 1.54) is 25.0 Å². The third kappa shape index (κ3) is 5.88. The van der Waals surface area contributed by atoms with E-state index in [4.69, 9.17) is 11.6 Å². The Morgan fingerprint density at radius 1 is 1.30 bits per heavy atom. The maximum absolute atomic E-state index is 10.6. The summed E-state index contributed by atoms with van der Waals surface area (Å²) in [6.07, 6.45) is 3.58. The molecule has 0 heterocycles. The molecule has 4 nitrogen and oxygen atoms in total. The van der Waals surface area contributed by atoms with Crippen molar-refractivity contribution in [1.29, 1.82) is 0 Å². The van der Waals surface area contributed by atoms with E-state index in [-0.39, 0.29) is 5.69 Å². The molecule has 1 rings (SSSR count). The largest absolute Gasteiger partial charge is 0.310 e. The Hall–Kier alpha value is -1.13. The van der Waals surface area contributed by atoms with Crippen molar-refractivity contribution in [3.8, 4) is 0 Å². The minimum Gasteiger partial charge on any atom is -0.310 e. The number of rotatable bonds is 8. The Bertz CT molecular complexity index is 449. The number of nitro groups is 1. The van der Waals surface area contributed by atoms with Gasteiger partial charge in [-0.25, -0.2) is 0 Å². The van der Waals surface area contributed by atoms with Crippen LogP contribution in [0.15, 0.2) is 18.2 Å². The van der Waals surface area contributed by atoms with Gasteiger partial charge in [-0.2, -0.15) is 0 Å². The lowest BCUT2D eigenvalue weighted by Crippen LogP contribution is -2.25. The van der Waals surface area contributed by atoms with Gasteiger partial charge in [0.25, 0.3) is 5.69 Å². The molecule has 1 unspecified atom stereocenters. The third-order valence-corrected chi connectivity index (χ3v) is 3.66. The quantitative estimate of drug-likeness (QED) is 0.565. The van der Waals surface area contributed by atoms with Crippen LogP contribution in [0, 0.1) is 16.0 Å². The Morgan fingerprint density at radius 3 is 2.55 bits per heavy atom. The summed E-state index contributed by atoms with van der Waals surface area (Å²) in [5, 5.41) is 14.5. The predicted molar refractivity (Wildman–Crippen MR) is 83.1 cm³/mol. The second-order valence-electron chi connectivity index (χ2n) is 5.64.